The summed E-state index contributed by atoms with van der Waals surface area (Å²) in [6.07, 6.45) is 3.13. The summed E-state index contributed by atoms with van der Waals surface area (Å²) < 4.78 is 10.4. The fraction of sp³-hybridized carbons (Fsp3) is 0.105. The monoisotopic (exact) mass is 335 g/mol. The molecule has 3 aromatic rings. The van der Waals surface area contributed by atoms with E-state index in [0.717, 1.165) is 11.1 Å². The Balaban J connectivity index is 1.58. The minimum atomic E-state index is -0.259. The van der Waals surface area contributed by atoms with Gasteiger partial charge in [-0.05, 0) is 12.1 Å². The molecule has 0 fully saturated rings. The van der Waals surface area contributed by atoms with Crippen molar-refractivity contribution < 1.29 is 14.1 Å². The van der Waals surface area contributed by atoms with Gasteiger partial charge in [-0.25, -0.2) is 0 Å². The zero-order chi connectivity index (χ0) is 17.5. The molecule has 1 heterocycles. The average molecular weight is 335 g/mol. The second-order valence-electron chi connectivity index (χ2n) is 5.17. The molecule has 25 heavy (non-hydrogen) atoms. The molecule has 0 aliphatic rings. The van der Waals surface area contributed by atoms with Gasteiger partial charge < -0.3 is 14.6 Å². The summed E-state index contributed by atoms with van der Waals surface area (Å²) in [5, 5.41) is 6.62. The third kappa shape index (κ3) is 4.32. The van der Waals surface area contributed by atoms with E-state index in [4.69, 9.17) is 9.26 Å². The number of benzene rings is 2. The molecule has 0 unspecified atom stereocenters. The normalized spacial score (nSPS) is 10.8. The topological polar surface area (TPSA) is 77.2 Å². The quantitative estimate of drug-likeness (QED) is 0.701. The Morgan fingerprint density at radius 2 is 1.92 bits per heavy atom. The molecule has 126 valence electrons. The van der Waals surface area contributed by atoms with E-state index in [1.807, 2.05) is 54.6 Å². The minimum Gasteiger partial charge on any atom is -0.496 e. The Labute approximate surface area is 145 Å². The van der Waals surface area contributed by atoms with E-state index < -0.39 is 0 Å². The summed E-state index contributed by atoms with van der Waals surface area (Å²) in [6.45, 7) is 0.162. The SMILES string of the molecule is COc1ccccc1C=CC(=O)NCc1nc(-c2ccccc2)no1. The van der Waals surface area contributed by atoms with Crippen LogP contribution in [0.2, 0.25) is 0 Å². The number of aromatic nitrogens is 2. The Morgan fingerprint density at radius 3 is 2.72 bits per heavy atom. The summed E-state index contributed by atoms with van der Waals surface area (Å²) in [5.74, 6) is 1.29. The second-order valence-corrected chi connectivity index (χ2v) is 5.17. The van der Waals surface area contributed by atoms with Gasteiger partial charge in [0.1, 0.15) is 5.75 Å². The van der Waals surface area contributed by atoms with Gasteiger partial charge in [-0.2, -0.15) is 4.98 Å². The van der Waals surface area contributed by atoms with Crippen molar-refractivity contribution in [3.05, 3.63) is 72.1 Å². The van der Waals surface area contributed by atoms with E-state index in [1.165, 1.54) is 6.08 Å². The smallest absolute Gasteiger partial charge is 0.246 e. The van der Waals surface area contributed by atoms with Crippen LogP contribution in [0.15, 0.2) is 65.2 Å². The van der Waals surface area contributed by atoms with Crippen molar-refractivity contribution in [1.82, 2.24) is 15.5 Å². The number of carbonyl (C=O) groups excluding carboxylic acids is 1. The van der Waals surface area contributed by atoms with Gasteiger partial charge in [0, 0.05) is 17.2 Å². The zero-order valence-electron chi connectivity index (χ0n) is 13.7. The Bertz CT molecular complexity index is 872. The number of hydrogen-bond donors (Lipinski definition) is 1. The number of methoxy groups -OCH3 is 1. The first kappa shape index (κ1) is 16.4. The molecule has 6 nitrogen and oxygen atoms in total. The van der Waals surface area contributed by atoms with Gasteiger partial charge in [-0.15, -0.1) is 0 Å². The highest BCUT2D eigenvalue weighted by Crippen LogP contribution is 2.18. The van der Waals surface area contributed by atoms with Crippen molar-refractivity contribution in [3.8, 4) is 17.1 Å². The summed E-state index contributed by atoms with van der Waals surface area (Å²) in [5.41, 5.74) is 1.68. The standard InChI is InChI=1S/C19H17N3O3/c1-24-16-10-6-5-7-14(16)11-12-17(23)20-13-18-21-19(22-25-18)15-8-3-2-4-9-15/h2-12H,13H2,1H3,(H,20,23). The van der Waals surface area contributed by atoms with Gasteiger partial charge in [0.05, 0.1) is 13.7 Å². The molecule has 1 amide bonds. The fourth-order valence-electron chi connectivity index (χ4n) is 2.22. The van der Waals surface area contributed by atoms with Gasteiger partial charge in [-0.3, -0.25) is 4.79 Å². The largest absolute Gasteiger partial charge is 0.496 e. The first-order valence-electron chi connectivity index (χ1n) is 7.73. The van der Waals surface area contributed by atoms with Crippen LogP contribution in [0.5, 0.6) is 5.75 Å². The molecule has 3 rings (SSSR count). The van der Waals surface area contributed by atoms with E-state index in [-0.39, 0.29) is 12.5 Å². The molecule has 0 aliphatic heterocycles. The van der Waals surface area contributed by atoms with E-state index in [9.17, 15) is 4.79 Å². The molecule has 6 heteroatoms. The van der Waals surface area contributed by atoms with Crippen LogP contribution < -0.4 is 10.1 Å². The first-order valence-corrected chi connectivity index (χ1v) is 7.73. The van der Waals surface area contributed by atoms with E-state index >= 15 is 0 Å². The lowest BCUT2D eigenvalue weighted by atomic mass is 10.2. The van der Waals surface area contributed by atoms with Crippen molar-refractivity contribution in [2.75, 3.05) is 7.11 Å². The second kappa shape index (κ2) is 7.92. The number of nitrogens with one attached hydrogen (secondary N) is 1. The molecule has 0 aliphatic carbocycles. The molecular formula is C19H17N3O3. The average Bonchev–Trinajstić information content (AvgIpc) is 3.14. The summed E-state index contributed by atoms with van der Waals surface area (Å²) in [7, 11) is 1.59. The third-order valence-electron chi connectivity index (χ3n) is 3.47. The van der Waals surface area contributed by atoms with Crippen molar-refractivity contribution in [3.63, 3.8) is 0 Å². The van der Waals surface area contributed by atoms with Crippen molar-refractivity contribution in [2.45, 2.75) is 6.54 Å². The van der Waals surface area contributed by atoms with Crippen LogP contribution in [0.25, 0.3) is 17.5 Å². The van der Waals surface area contributed by atoms with Crippen LogP contribution in [-0.4, -0.2) is 23.2 Å². The number of nitrogens with zero attached hydrogens (tertiary/aromatic N) is 2. The maximum Gasteiger partial charge on any atom is 0.246 e. The van der Waals surface area contributed by atoms with Gasteiger partial charge in [0.2, 0.25) is 17.6 Å². The number of para-hydroxylation sites is 1. The molecule has 2 aromatic carbocycles. The summed E-state index contributed by atoms with van der Waals surface area (Å²) in [4.78, 5) is 16.2. The van der Waals surface area contributed by atoms with E-state index in [0.29, 0.717) is 17.5 Å². The number of hydrogen-bond acceptors (Lipinski definition) is 5. The number of ether oxygens (including phenoxy) is 1. The predicted molar refractivity (Wildman–Crippen MR) is 93.6 cm³/mol. The van der Waals surface area contributed by atoms with E-state index in [1.54, 1.807) is 13.2 Å². The maximum atomic E-state index is 11.9. The Hall–Kier alpha value is -3.41. The lowest BCUT2D eigenvalue weighted by Gasteiger charge is -2.03. The van der Waals surface area contributed by atoms with Gasteiger partial charge >= 0.3 is 0 Å². The Kier molecular flexibility index (Phi) is 5.21. The number of amides is 1. The molecule has 0 saturated carbocycles. The highest BCUT2D eigenvalue weighted by molar-refractivity contribution is 5.92. The highest BCUT2D eigenvalue weighted by Gasteiger charge is 2.08. The zero-order valence-corrected chi connectivity index (χ0v) is 13.7. The van der Waals surface area contributed by atoms with Crippen LogP contribution in [0.1, 0.15) is 11.5 Å². The summed E-state index contributed by atoms with van der Waals surface area (Å²) in [6, 6.07) is 16.9. The maximum absolute atomic E-state index is 11.9. The molecular weight excluding hydrogens is 318 g/mol. The van der Waals surface area contributed by atoms with Gasteiger partial charge in [0.15, 0.2) is 0 Å². The number of rotatable bonds is 6. The lowest BCUT2D eigenvalue weighted by Crippen LogP contribution is -2.20. The van der Waals surface area contributed by atoms with Crippen molar-refractivity contribution in [1.29, 1.82) is 0 Å². The summed E-state index contributed by atoms with van der Waals surface area (Å²) >= 11 is 0. The van der Waals surface area contributed by atoms with Crippen LogP contribution in [-0.2, 0) is 11.3 Å². The molecule has 0 bridgehead atoms. The van der Waals surface area contributed by atoms with Gasteiger partial charge in [-0.1, -0.05) is 53.7 Å². The third-order valence-corrected chi connectivity index (χ3v) is 3.47. The molecule has 0 radical (unpaired) electrons. The Morgan fingerprint density at radius 1 is 1.16 bits per heavy atom. The van der Waals surface area contributed by atoms with E-state index in [2.05, 4.69) is 15.5 Å². The molecule has 1 aromatic heterocycles. The van der Waals surface area contributed by atoms with Crippen LogP contribution >= 0.6 is 0 Å². The highest BCUT2D eigenvalue weighted by atomic mass is 16.5. The number of carbonyl (C=O) groups is 1. The predicted octanol–water partition coefficient (Wildman–Crippen LogP) is 3.07. The first-order chi connectivity index (χ1) is 12.3. The molecule has 1 N–H and O–H groups in total. The lowest BCUT2D eigenvalue weighted by molar-refractivity contribution is -0.116. The molecule has 0 spiro atoms. The fourth-order valence-corrected chi connectivity index (χ4v) is 2.22. The minimum absolute atomic E-state index is 0.162. The van der Waals surface area contributed by atoms with Gasteiger partial charge in [0.25, 0.3) is 0 Å². The van der Waals surface area contributed by atoms with Crippen LogP contribution in [0.4, 0.5) is 0 Å². The van der Waals surface area contributed by atoms with Crippen molar-refractivity contribution >= 4 is 12.0 Å². The molecule has 0 saturated heterocycles. The van der Waals surface area contributed by atoms with Crippen LogP contribution in [0.3, 0.4) is 0 Å². The molecule has 0 atom stereocenters. The van der Waals surface area contributed by atoms with Crippen molar-refractivity contribution in [2.24, 2.45) is 0 Å². The van der Waals surface area contributed by atoms with Crippen LogP contribution in [0, 0.1) is 0 Å².